The van der Waals surface area contributed by atoms with Gasteiger partial charge in [-0.15, -0.1) is 0 Å². The summed E-state index contributed by atoms with van der Waals surface area (Å²) in [6, 6.07) is 21.0. The molecule has 3 aromatic carbocycles. The summed E-state index contributed by atoms with van der Waals surface area (Å²) < 4.78 is 39.9. The van der Waals surface area contributed by atoms with Crippen molar-refractivity contribution in [2.45, 2.75) is 31.6 Å². The molecule has 1 aliphatic heterocycles. The molecule has 0 aliphatic carbocycles. The Labute approximate surface area is 190 Å². The van der Waals surface area contributed by atoms with Crippen LogP contribution in [-0.4, -0.2) is 23.3 Å². The third-order valence-electron chi connectivity index (χ3n) is 5.79. The third kappa shape index (κ3) is 4.92. The van der Waals surface area contributed by atoms with Gasteiger partial charge in [0.15, 0.2) is 0 Å². The number of fused-ring (bicyclic) bond motifs is 1. The number of aryl methyl sites for hydroxylation is 1. The van der Waals surface area contributed by atoms with Crippen molar-refractivity contribution in [2.75, 3.05) is 6.54 Å². The van der Waals surface area contributed by atoms with Crippen molar-refractivity contribution in [3.05, 3.63) is 107 Å². The zero-order valence-corrected chi connectivity index (χ0v) is 17.8. The molecular formula is C26H23F3N2O2. The molecule has 1 atom stereocenters. The Morgan fingerprint density at radius 2 is 1.58 bits per heavy atom. The molecule has 33 heavy (non-hydrogen) atoms. The zero-order valence-electron chi connectivity index (χ0n) is 17.8. The van der Waals surface area contributed by atoms with Gasteiger partial charge in [0.05, 0.1) is 5.56 Å². The van der Waals surface area contributed by atoms with E-state index in [0.29, 0.717) is 24.1 Å². The summed E-state index contributed by atoms with van der Waals surface area (Å²) >= 11 is 0. The summed E-state index contributed by atoms with van der Waals surface area (Å²) in [6.07, 6.45) is -3.11. The monoisotopic (exact) mass is 452 g/mol. The van der Waals surface area contributed by atoms with Crippen molar-refractivity contribution >= 4 is 11.8 Å². The van der Waals surface area contributed by atoms with Crippen molar-refractivity contribution in [3.63, 3.8) is 0 Å². The van der Waals surface area contributed by atoms with Crippen LogP contribution in [-0.2, 0) is 23.9 Å². The van der Waals surface area contributed by atoms with E-state index in [-0.39, 0.29) is 18.0 Å². The number of carbonyl (C=O) groups is 2. The van der Waals surface area contributed by atoms with Gasteiger partial charge in [-0.1, -0.05) is 66.7 Å². The highest BCUT2D eigenvalue weighted by molar-refractivity contribution is 6.04. The van der Waals surface area contributed by atoms with Gasteiger partial charge in [0.25, 0.3) is 5.91 Å². The first-order chi connectivity index (χ1) is 15.9. The van der Waals surface area contributed by atoms with Crippen LogP contribution in [0, 0.1) is 0 Å². The molecule has 0 fully saturated rings. The predicted molar refractivity (Wildman–Crippen MR) is 118 cm³/mol. The van der Waals surface area contributed by atoms with E-state index in [1.807, 2.05) is 30.3 Å². The van der Waals surface area contributed by atoms with Gasteiger partial charge < -0.3 is 10.2 Å². The number of hydrogen-bond acceptors (Lipinski definition) is 2. The maximum absolute atomic E-state index is 13.3. The lowest BCUT2D eigenvalue weighted by molar-refractivity contribution is -0.138. The largest absolute Gasteiger partial charge is 0.416 e. The second-order valence-corrected chi connectivity index (χ2v) is 7.95. The molecule has 1 N–H and O–H groups in total. The molecule has 0 saturated carbocycles. The van der Waals surface area contributed by atoms with Crippen molar-refractivity contribution in [1.29, 1.82) is 0 Å². The summed E-state index contributed by atoms with van der Waals surface area (Å²) in [5.74, 6) is -0.737. The van der Waals surface area contributed by atoms with Gasteiger partial charge in [0, 0.05) is 18.7 Å². The molecule has 1 aliphatic rings. The lowest BCUT2D eigenvalue weighted by Crippen LogP contribution is -2.39. The molecular weight excluding hydrogens is 429 g/mol. The second-order valence-electron chi connectivity index (χ2n) is 7.95. The van der Waals surface area contributed by atoms with Crippen LogP contribution in [0.15, 0.2) is 78.9 Å². The van der Waals surface area contributed by atoms with Crippen LogP contribution in [0.25, 0.3) is 0 Å². The minimum atomic E-state index is -4.51. The van der Waals surface area contributed by atoms with Gasteiger partial charge in [-0.3, -0.25) is 9.59 Å². The number of nitrogens with one attached hydrogen (secondary N) is 1. The number of halogens is 3. The maximum Gasteiger partial charge on any atom is 0.416 e. The first kappa shape index (κ1) is 22.6. The molecule has 0 radical (unpaired) electrons. The Kier molecular flexibility index (Phi) is 6.49. The standard InChI is InChI=1S/C26H23F3N2O2/c27-26(28,29)22-15-7-4-12-19(22)17-30-24(32)23-20-13-5-6-14-21(20)25(33)31(23)16-8-11-18-9-2-1-3-10-18/h1-7,9-10,12-15,23H,8,11,16-17H2,(H,30,32). The minimum absolute atomic E-state index is 0.0217. The first-order valence-corrected chi connectivity index (χ1v) is 10.7. The molecule has 0 spiro atoms. The normalized spacial score (nSPS) is 15.4. The van der Waals surface area contributed by atoms with Gasteiger partial charge in [0.2, 0.25) is 5.91 Å². The summed E-state index contributed by atoms with van der Waals surface area (Å²) in [6.45, 7) is 0.0822. The molecule has 0 aromatic heterocycles. The molecule has 4 nitrogen and oxygen atoms in total. The lowest BCUT2D eigenvalue weighted by Gasteiger charge is -2.25. The molecule has 3 aromatic rings. The molecule has 4 rings (SSSR count). The highest BCUT2D eigenvalue weighted by Gasteiger charge is 2.40. The molecule has 0 bridgehead atoms. The quantitative estimate of drug-likeness (QED) is 0.539. The number of hydrogen-bond donors (Lipinski definition) is 1. The van der Waals surface area contributed by atoms with Crippen LogP contribution in [0.4, 0.5) is 13.2 Å². The number of alkyl halides is 3. The van der Waals surface area contributed by atoms with Gasteiger partial charge in [-0.25, -0.2) is 0 Å². The Morgan fingerprint density at radius 1 is 0.909 bits per heavy atom. The van der Waals surface area contributed by atoms with Crippen molar-refractivity contribution in [1.82, 2.24) is 10.2 Å². The average molecular weight is 452 g/mol. The van der Waals surface area contributed by atoms with E-state index < -0.39 is 23.7 Å². The fourth-order valence-electron chi connectivity index (χ4n) is 4.21. The average Bonchev–Trinajstić information content (AvgIpc) is 3.10. The Hall–Kier alpha value is -3.61. The molecule has 1 unspecified atom stereocenters. The topological polar surface area (TPSA) is 49.4 Å². The third-order valence-corrected chi connectivity index (χ3v) is 5.79. The van der Waals surface area contributed by atoms with Crippen LogP contribution in [0.1, 0.15) is 45.1 Å². The predicted octanol–water partition coefficient (Wildman–Crippen LogP) is 5.15. The fourth-order valence-corrected chi connectivity index (χ4v) is 4.21. The van der Waals surface area contributed by atoms with Crippen LogP contribution >= 0.6 is 0 Å². The van der Waals surface area contributed by atoms with E-state index >= 15 is 0 Å². The summed E-state index contributed by atoms with van der Waals surface area (Å²) in [4.78, 5) is 27.7. The maximum atomic E-state index is 13.3. The molecule has 0 saturated heterocycles. The van der Waals surface area contributed by atoms with Gasteiger partial charge >= 0.3 is 6.18 Å². The van der Waals surface area contributed by atoms with Crippen molar-refractivity contribution in [3.8, 4) is 0 Å². The second kappa shape index (κ2) is 9.48. The van der Waals surface area contributed by atoms with E-state index in [9.17, 15) is 22.8 Å². The van der Waals surface area contributed by atoms with Crippen LogP contribution in [0.3, 0.4) is 0 Å². The highest BCUT2D eigenvalue weighted by Crippen LogP contribution is 2.35. The van der Waals surface area contributed by atoms with E-state index in [1.165, 1.54) is 23.1 Å². The molecule has 1 heterocycles. The number of nitrogens with zero attached hydrogens (tertiary/aromatic N) is 1. The minimum Gasteiger partial charge on any atom is -0.350 e. The SMILES string of the molecule is O=C(NCc1ccccc1C(F)(F)F)C1c2ccccc2C(=O)N1CCCc1ccccc1. The van der Waals surface area contributed by atoms with Crippen LogP contribution < -0.4 is 5.32 Å². The van der Waals surface area contributed by atoms with E-state index in [0.717, 1.165) is 18.1 Å². The van der Waals surface area contributed by atoms with E-state index in [4.69, 9.17) is 0 Å². The van der Waals surface area contributed by atoms with Crippen molar-refractivity contribution in [2.24, 2.45) is 0 Å². The number of carbonyl (C=O) groups excluding carboxylic acids is 2. The van der Waals surface area contributed by atoms with Crippen LogP contribution in [0.5, 0.6) is 0 Å². The van der Waals surface area contributed by atoms with Gasteiger partial charge in [-0.2, -0.15) is 13.2 Å². The summed E-state index contributed by atoms with van der Waals surface area (Å²) in [7, 11) is 0. The zero-order chi connectivity index (χ0) is 23.4. The van der Waals surface area contributed by atoms with Crippen LogP contribution in [0.2, 0.25) is 0 Å². The Bertz CT molecular complexity index is 1150. The van der Waals surface area contributed by atoms with Gasteiger partial charge in [0.1, 0.15) is 6.04 Å². The lowest BCUT2D eigenvalue weighted by atomic mass is 10.0. The number of rotatable bonds is 7. The smallest absolute Gasteiger partial charge is 0.350 e. The fraction of sp³-hybridized carbons (Fsp3) is 0.231. The number of amides is 2. The summed E-state index contributed by atoms with van der Waals surface area (Å²) in [5, 5.41) is 2.62. The molecule has 7 heteroatoms. The highest BCUT2D eigenvalue weighted by atomic mass is 19.4. The van der Waals surface area contributed by atoms with E-state index in [2.05, 4.69) is 5.32 Å². The van der Waals surface area contributed by atoms with E-state index in [1.54, 1.807) is 24.3 Å². The Morgan fingerprint density at radius 3 is 2.33 bits per heavy atom. The molecule has 2 amide bonds. The summed E-state index contributed by atoms with van der Waals surface area (Å²) in [5.41, 5.74) is 1.35. The van der Waals surface area contributed by atoms with Crippen molar-refractivity contribution < 1.29 is 22.8 Å². The number of benzene rings is 3. The Balaban J connectivity index is 1.50. The van der Waals surface area contributed by atoms with Gasteiger partial charge in [-0.05, 0) is 41.7 Å². The first-order valence-electron chi connectivity index (χ1n) is 10.7. The molecule has 170 valence electrons.